The predicted molar refractivity (Wildman–Crippen MR) is 78.5 cm³/mol. The van der Waals surface area contributed by atoms with Crippen molar-refractivity contribution in [3.63, 3.8) is 0 Å². The molecule has 0 radical (unpaired) electrons. The topological polar surface area (TPSA) is 32.9 Å². The minimum absolute atomic E-state index is 0.0621. The highest BCUT2D eigenvalue weighted by Crippen LogP contribution is 2.26. The lowest BCUT2D eigenvalue weighted by atomic mass is 10.0. The highest BCUT2D eigenvalue weighted by molar-refractivity contribution is 9.11. The fourth-order valence-corrected chi connectivity index (χ4v) is 3.15. The van der Waals surface area contributed by atoms with Gasteiger partial charge in [-0.3, -0.25) is 4.79 Å². The van der Waals surface area contributed by atoms with Gasteiger partial charge in [0, 0.05) is 33.6 Å². The molecule has 0 aliphatic heterocycles. The third-order valence-corrected chi connectivity index (χ3v) is 4.42. The summed E-state index contributed by atoms with van der Waals surface area (Å²) in [4.78, 5) is 15.5. The van der Waals surface area contributed by atoms with Crippen molar-refractivity contribution in [2.45, 2.75) is 6.92 Å². The maximum absolute atomic E-state index is 12.4. The molecule has 3 aromatic rings. The number of nitrogens with one attached hydrogen (secondary N) is 1. The minimum Gasteiger partial charge on any atom is -0.360 e. The average molecular weight is 320 g/mol. The summed E-state index contributed by atoms with van der Waals surface area (Å²) in [7, 11) is 0. The van der Waals surface area contributed by atoms with Crippen LogP contribution in [-0.2, 0) is 0 Å². The number of halogens is 1. The van der Waals surface area contributed by atoms with Crippen molar-refractivity contribution >= 4 is 44.0 Å². The molecule has 2 aromatic heterocycles. The number of rotatable bonds is 2. The van der Waals surface area contributed by atoms with Crippen LogP contribution >= 0.6 is 27.3 Å². The van der Waals surface area contributed by atoms with Gasteiger partial charge >= 0.3 is 0 Å². The largest absolute Gasteiger partial charge is 0.360 e. The lowest BCUT2D eigenvalue weighted by Crippen LogP contribution is -1.97. The molecule has 0 saturated heterocycles. The Kier molecular flexibility index (Phi) is 2.84. The van der Waals surface area contributed by atoms with E-state index in [4.69, 9.17) is 0 Å². The first kappa shape index (κ1) is 11.7. The number of carbonyl (C=O) groups excluding carboxylic acids is 1. The highest BCUT2D eigenvalue weighted by Gasteiger charge is 2.15. The van der Waals surface area contributed by atoms with Crippen LogP contribution in [0.15, 0.2) is 39.6 Å². The zero-order valence-electron chi connectivity index (χ0n) is 9.66. The summed E-state index contributed by atoms with van der Waals surface area (Å²) in [6.07, 6.45) is 1.79. The van der Waals surface area contributed by atoms with Crippen LogP contribution in [0, 0.1) is 6.92 Å². The van der Waals surface area contributed by atoms with Gasteiger partial charge in [-0.05, 0) is 40.5 Å². The average Bonchev–Trinajstić information content (AvgIpc) is 2.94. The molecule has 0 bridgehead atoms. The lowest BCUT2D eigenvalue weighted by molar-refractivity contribution is 0.104. The molecule has 2 nitrogen and oxygen atoms in total. The third kappa shape index (κ3) is 1.91. The summed E-state index contributed by atoms with van der Waals surface area (Å²) in [6.45, 7) is 2.04. The van der Waals surface area contributed by atoms with E-state index < -0.39 is 0 Å². The summed E-state index contributed by atoms with van der Waals surface area (Å²) < 4.78 is 0.974. The van der Waals surface area contributed by atoms with Crippen LogP contribution in [0.5, 0.6) is 0 Å². The molecule has 1 N–H and O–H groups in total. The Balaban J connectivity index is 2.12. The second-order valence-corrected chi connectivity index (χ2v) is 6.51. The molecule has 0 aliphatic carbocycles. The molecule has 2 heterocycles. The van der Waals surface area contributed by atoms with Crippen molar-refractivity contribution in [3.05, 3.63) is 56.3 Å². The van der Waals surface area contributed by atoms with Crippen LogP contribution in [0.4, 0.5) is 0 Å². The maximum Gasteiger partial charge on any atom is 0.196 e. The van der Waals surface area contributed by atoms with E-state index in [1.807, 2.05) is 30.5 Å². The minimum atomic E-state index is 0.0621. The summed E-state index contributed by atoms with van der Waals surface area (Å²) in [5.41, 5.74) is 3.65. The van der Waals surface area contributed by atoms with Gasteiger partial charge in [0.2, 0.25) is 0 Å². The van der Waals surface area contributed by atoms with Crippen LogP contribution < -0.4 is 0 Å². The second-order valence-electron chi connectivity index (χ2n) is 4.22. The first-order valence-electron chi connectivity index (χ1n) is 5.51. The number of fused-ring (bicyclic) bond motifs is 1. The van der Waals surface area contributed by atoms with Crippen LogP contribution in [0.3, 0.4) is 0 Å². The van der Waals surface area contributed by atoms with Gasteiger partial charge in [0.25, 0.3) is 0 Å². The monoisotopic (exact) mass is 319 g/mol. The molecule has 0 aliphatic rings. The van der Waals surface area contributed by atoms with E-state index in [0.717, 1.165) is 25.8 Å². The standard InChI is InChI=1S/C14H10BrNOS/c1-8-2-3-10-11(6-16-12(10)4-8)14(17)9-5-13(15)18-7-9/h2-7,16H,1H3. The third-order valence-electron chi connectivity index (χ3n) is 2.91. The molecule has 90 valence electrons. The van der Waals surface area contributed by atoms with E-state index in [2.05, 4.69) is 27.0 Å². The van der Waals surface area contributed by atoms with Crippen LogP contribution in [-0.4, -0.2) is 10.8 Å². The molecule has 0 unspecified atom stereocenters. The van der Waals surface area contributed by atoms with E-state index in [0.29, 0.717) is 0 Å². The van der Waals surface area contributed by atoms with Crippen molar-refractivity contribution in [2.24, 2.45) is 0 Å². The van der Waals surface area contributed by atoms with Gasteiger partial charge < -0.3 is 4.98 Å². The smallest absolute Gasteiger partial charge is 0.196 e. The lowest BCUT2D eigenvalue weighted by Gasteiger charge is -1.97. The van der Waals surface area contributed by atoms with E-state index >= 15 is 0 Å². The SMILES string of the molecule is Cc1ccc2c(C(=O)c3csc(Br)c3)c[nH]c2c1. The van der Waals surface area contributed by atoms with E-state index in [1.165, 1.54) is 16.9 Å². The van der Waals surface area contributed by atoms with Gasteiger partial charge in [0.05, 0.1) is 3.79 Å². The van der Waals surface area contributed by atoms with Crippen molar-refractivity contribution < 1.29 is 4.79 Å². The Labute approximate surface area is 117 Å². The van der Waals surface area contributed by atoms with E-state index in [9.17, 15) is 4.79 Å². The molecule has 0 atom stereocenters. The highest BCUT2D eigenvalue weighted by atomic mass is 79.9. The van der Waals surface area contributed by atoms with Crippen LogP contribution in [0.2, 0.25) is 0 Å². The fourth-order valence-electron chi connectivity index (χ4n) is 2.01. The first-order valence-corrected chi connectivity index (χ1v) is 7.19. The number of benzene rings is 1. The van der Waals surface area contributed by atoms with Gasteiger partial charge in [0.15, 0.2) is 5.78 Å². The number of hydrogen-bond donors (Lipinski definition) is 1. The van der Waals surface area contributed by atoms with Crippen molar-refractivity contribution in [1.29, 1.82) is 0 Å². The molecule has 0 amide bonds. The molecule has 4 heteroatoms. The molecule has 1 aromatic carbocycles. The molecule has 0 saturated carbocycles. The Morgan fingerprint density at radius 3 is 2.89 bits per heavy atom. The maximum atomic E-state index is 12.4. The van der Waals surface area contributed by atoms with Gasteiger partial charge in [-0.2, -0.15) is 0 Å². The van der Waals surface area contributed by atoms with Crippen molar-refractivity contribution in [1.82, 2.24) is 4.98 Å². The summed E-state index contributed by atoms with van der Waals surface area (Å²) in [6, 6.07) is 7.93. The Hall–Kier alpha value is -1.39. The summed E-state index contributed by atoms with van der Waals surface area (Å²) in [5, 5.41) is 2.85. The summed E-state index contributed by atoms with van der Waals surface area (Å²) >= 11 is 4.90. The van der Waals surface area contributed by atoms with Crippen LogP contribution in [0.25, 0.3) is 10.9 Å². The number of carbonyl (C=O) groups is 1. The number of thiophene rings is 1. The zero-order valence-corrected chi connectivity index (χ0v) is 12.1. The van der Waals surface area contributed by atoms with Crippen molar-refractivity contribution in [2.75, 3.05) is 0 Å². The Morgan fingerprint density at radius 2 is 2.17 bits per heavy atom. The van der Waals surface area contributed by atoms with Gasteiger partial charge in [-0.15, -0.1) is 11.3 Å². The number of aromatic amines is 1. The van der Waals surface area contributed by atoms with Crippen molar-refractivity contribution in [3.8, 4) is 0 Å². The molecular formula is C14H10BrNOS. The number of aryl methyl sites for hydroxylation is 1. The number of hydrogen-bond acceptors (Lipinski definition) is 2. The van der Waals surface area contributed by atoms with Gasteiger partial charge in [0.1, 0.15) is 0 Å². The molecular weight excluding hydrogens is 310 g/mol. The number of H-pyrrole nitrogens is 1. The fraction of sp³-hybridized carbons (Fsp3) is 0.0714. The normalized spacial score (nSPS) is 11.0. The Morgan fingerprint density at radius 1 is 1.33 bits per heavy atom. The quantitative estimate of drug-likeness (QED) is 0.691. The molecule has 18 heavy (non-hydrogen) atoms. The molecule has 0 spiro atoms. The predicted octanol–water partition coefficient (Wildman–Crippen LogP) is 4.53. The summed E-state index contributed by atoms with van der Waals surface area (Å²) in [5.74, 6) is 0.0621. The second kappa shape index (κ2) is 4.37. The van der Waals surface area contributed by atoms with Gasteiger partial charge in [-0.25, -0.2) is 0 Å². The van der Waals surface area contributed by atoms with Crippen LogP contribution in [0.1, 0.15) is 21.5 Å². The number of aromatic nitrogens is 1. The van der Waals surface area contributed by atoms with E-state index in [-0.39, 0.29) is 5.78 Å². The molecule has 0 fully saturated rings. The first-order chi connectivity index (χ1) is 8.65. The molecule has 3 rings (SSSR count). The van der Waals surface area contributed by atoms with E-state index in [1.54, 1.807) is 6.20 Å². The number of ketones is 1. The zero-order chi connectivity index (χ0) is 12.7. The van der Waals surface area contributed by atoms with Gasteiger partial charge in [-0.1, -0.05) is 12.1 Å². The Bertz CT molecular complexity index is 741.